The zero-order chi connectivity index (χ0) is 20.6. The fourth-order valence-corrected chi connectivity index (χ4v) is 3.04. The Morgan fingerprint density at radius 2 is 1.77 bits per heavy atom. The monoisotopic (exact) mass is 401 g/mol. The molecule has 0 saturated carbocycles. The van der Waals surface area contributed by atoms with Crippen LogP contribution in [0.1, 0.15) is 18.5 Å². The number of imidazole rings is 1. The second kappa shape index (κ2) is 9.60. The molecule has 0 bridgehead atoms. The first-order valence-electron chi connectivity index (χ1n) is 9.89. The second-order valence-electron chi connectivity index (χ2n) is 6.83. The van der Waals surface area contributed by atoms with Gasteiger partial charge in [0.05, 0.1) is 12.3 Å². The summed E-state index contributed by atoms with van der Waals surface area (Å²) in [5, 5.41) is 2.91. The third-order valence-corrected chi connectivity index (χ3v) is 4.48. The van der Waals surface area contributed by atoms with E-state index >= 15 is 0 Å². The van der Waals surface area contributed by atoms with Gasteiger partial charge in [-0.3, -0.25) is 4.79 Å². The van der Waals surface area contributed by atoms with Crippen molar-refractivity contribution in [1.82, 2.24) is 9.38 Å². The smallest absolute Gasteiger partial charge is 0.224 e. The standard InChI is InChI=1S/C24H23N3O3/c28-24(13-7-15-29-21-9-2-1-3-10-21)26-19-8-6-11-22(16-19)30-18-20-17-27-14-5-4-12-23(27)25-20/h1-6,8-12,14,16-17H,7,13,15,18H2,(H,26,28). The minimum atomic E-state index is -0.0517. The number of para-hydroxylation sites is 1. The maximum atomic E-state index is 12.2. The second-order valence-corrected chi connectivity index (χ2v) is 6.83. The molecular weight excluding hydrogens is 378 g/mol. The van der Waals surface area contributed by atoms with Gasteiger partial charge in [-0.2, -0.15) is 0 Å². The molecule has 4 rings (SSSR count). The van der Waals surface area contributed by atoms with Crippen LogP contribution in [0.2, 0.25) is 0 Å². The number of carbonyl (C=O) groups excluding carboxylic acids is 1. The van der Waals surface area contributed by atoms with E-state index in [1.165, 1.54) is 0 Å². The fourth-order valence-electron chi connectivity index (χ4n) is 3.04. The molecule has 152 valence electrons. The molecule has 6 nitrogen and oxygen atoms in total. The molecule has 2 aromatic heterocycles. The summed E-state index contributed by atoms with van der Waals surface area (Å²) >= 11 is 0. The van der Waals surface area contributed by atoms with Crippen LogP contribution >= 0.6 is 0 Å². The zero-order valence-corrected chi connectivity index (χ0v) is 16.5. The summed E-state index contributed by atoms with van der Waals surface area (Å²) in [5.41, 5.74) is 2.43. The number of benzene rings is 2. The van der Waals surface area contributed by atoms with Gasteiger partial charge in [0, 0.05) is 30.6 Å². The van der Waals surface area contributed by atoms with Gasteiger partial charge in [0.1, 0.15) is 23.8 Å². The summed E-state index contributed by atoms with van der Waals surface area (Å²) in [6, 6.07) is 22.8. The van der Waals surface area contributed by atoms with Crippen molar-refractivity contribution >= 4 is 17.2 Å². The summed E-state index contributed by atoms with van der Waals surface area (Å²) in [7, 11) is 0. The minimum Gasteiger partial charge on any atom is -0.494 e. The lowest BCUT2D eigenvalue weighted by atomic mass is 10.2. The van der Waals surface area contributed by atoms with Crippen molar-refractivity contribution in [2.45, 2.75) is 19.4 Å². The van der Waals surface area contributed by atoms with Crippen LogP contribution in [0, 0.1) is 0 Å². The number of rotatable bonds is 9. The number of nitrogens with zero attached hydrogens (tertiary/aromatic N) is 2. The number of hydrogen-bond donors (Lipinski definition) is 1. The Labute approximate surface area is 175 Å². The normalized spacial score (nSPS) is 10.7. The van der Waals surface area contributed by atoms with E-state index in [0.717, 1.165) is 17.1 Å². The maximum Gasteiger partial charge on any atom is 0.224 e. The van der Waals surface area contributed by atoms with E-state index in [-0.39, 0.29) is 5.91 Å². The van der Waals surface area contributed by atoms with Crippen molar-refractivity contribution in [2.24, 2.45) is 0 Å². The lowest BCUT2D eigenvalue weighted by molar-refractivity contribution is -0.116. The molecule has 0 aliphatic rings. The number of aromatic nitrogens is 2. The van der Waals surface area contributed by atoms with Gasteiger partial charge in [0.25, 0.3) is 0 Å². The quantitative estimate of drug-likeness (QED) is 0.413. The Morgan fingerprint density at radius 1 is 0.933 bits per heavy atom. The topological polar surface area (TPSA) is 64.9 Å². The van der Waals surface area contributed by atoms with Gasteiger partial charge in [-0.1, -0.05) is 30.3 Å². The molecule has 1 N–H and O–H groups in total. The van der Waals surface area contributed by atoms with Gasteiger partial charge in [-0.05, 0) is 42.8 Å². The number of anilines is 1. The molecule has 2 heterocycles. The Bertz CT molecular complexity index is 1080. The Balaban J connectivity index is 1.24. The van der Waals surface area contributed by atoms with Crippen LogP contribution in [0.15, 0.2) is 85.2 Å². The molecule has 0 atom stereocenters. The van der Waals surface area contributed by atoms with E-state index in [4.69, 9.17) is 9.47 Å². The maximum absolute atomic E-state index is 12.2. The highest BCUT2D eigenvalue weighted by Gasteiger charge is 2.06. The molecule has 0 aliphatic heterocycles. The van der Waals surface area contributed by atoms with E-state index in [2.05, 4.69) is 10.3 Å². The van der Waals surface area contributed by atoms with Crippen molar-refractivity contribution in [3.05, 3.63) is 90.9 Å². The number of hydrogen-bond acceptors (Lipinski definition) is 4. The fraction of sp³-hybridized carbons (Fsp3) is 0.167. The molecule has 6 heteroatoms. The highest BCUT2D eigenvalue weighted by Crippen LogP contribution is 2.19. The summed E-state index contributed by atoms with van der Waals surface area (Å²) in [4.78, 5) is 16.7. The molecular formula is C24H23N3O3. The highest BCUT2D eigenvalue weighted by molar-refractivity contribution is 5.90. The van der Waals surface area contributed by atoms with E-state index in [1.54, 1.807) is 0 Å². The van der Waals surface area contributed by atoms with E-state index in [9.17, 15) is 4.79 Å². The number of fused-ring (bicyclic) bond motifs is 1. The minimum absolute atomic E-state index is 0.0517. The van der Waals surface area contributed by atoms with E-state index < -0.39 is 0 Å². The summed E-state index contributed by atoms with van der Waals surface area (Å²) in [5.74, 6) is 1.44. The van der Waals surface area contributed by atoms with Crippen LogP contribution < -0.4 is 14.8 Å². The first kappa shape index (κ1) is 19.5. The first-order chi connectivity index (χ1) is 14.8. The number of carbonyl (C=O) groups is 1. The molecule has 0 spiro atoms. The predicted molar refractivity (Wildman–Crippen MR) is 116 cm³/mol. The first-order valence-corrected chi connectivity index (χ1v) is 9.89. The van der Waals surface area contributed by atoms with Crippen molar-refractivity contribution in [3.8, 4) is 11.5 Å². The van der Waals surface area contributed by atoms with Gasteiger partial charge < -0.3 is 19.2 Å². The number of amides is 1. The zero-order valence-electron chi connectivity index (χ0n) is 16.5. The van der Waals surface area contributed by atoms with Crippen LogP contribution in [0.4, 0.5) is 5.69 Å². The number of ether oxygens (including phenoxy) is 2. The van der Waals surface area contributed by atoms with Gasteiger partial charge in [0.15, 0.2) is 0 Å². The Morgan fingerprint density at radius 3 is 2.63 bits per heavy atom. The Hall–Kier alpha value is -3.80. The van der Waals surface area contributed by atoms with Crippen LogP contribution in [-0.4, -0.2) is 21.9 Å². The van der Waals surface area contributed by atoms with Gasteiger partial charge in [-0.25, -0.2) is 4.98 Å². The van der Waals surface area contributed by atoms with Crippen LogP contribution in [0.25, 0.3) is 5.65 Å². The van der Waals surface area contributed by atoms with Crippen LogP contribution in [-0.2, 0) is 11.4 Å². The van der Waals surface area contributed by atoms with E-state index in [1.807, 2.05) is 89.6 Å². The lowest BCUT2D eigenvalue weighted by Crippen LogP contribution is -2.12. The molecule has 0 aliphatic carbocycles. The molecule has 0 saturated heterocycles. The SMILES string of the molecule is O=C(CCCOc1ccccc1)Nc1cccc(OCc2cn3ccccc3n2)c1. The van der Waals surface area contributed by atoms with Crippen molar-refractivity contribution in [2.75, 3.05) is 11.9 Å². The van der Waals surface area contributed by atoms with Gasteiger partial charge >= 0.3 is 0 Å². The van der Waals surface area contributed by atoms with Gasteiger partial charge in [-0.15, -0.1) is 0 Å². The van der Waals surface area contributed by atoms with Crippen molar-refractivity contribution in [3.63, 3.8) is 0 Å². The predicted octanol–water partition coefficient (Wildman–Crippen LogP) is 4.71. The highest BCUT2D eigenvalue weighted by atomic mass is 16.5. The molecule has 30 heavy (non-hydrogen) atoms. The lowest BCUT2D eigenvalue weighted by Gasteiger charge is -2.09. The largest absolute Gasteiger partial charge is 0.494 e. The third kappa shape index (κ3) is 5.38. The third-order valence-electron chi connectivity index (χ3n) is 4.48. The molecule has 1 amide bonds. The molecule has 0 fully saturated rings. The molecule has 0 unspecified atom stereocenters. The molecule has 2 aromatic carbocycles. The summed E-state index contributed by atoms with van der Waals surface area (Å²) < 4.78 is 13.4. The molecule has 0 radical (unpaired) electrons. The average molecular weight is 401 g/mol. The van der Waals surface area contributed by atoms with Crippen LogP contribution in [0.5, 0.6) is 11.5 Å². The Kier molecular flexibility index (Phi) is 6.25. The average Bonchev–Trinajstić information content (AvgIpc) is 3.19. The summed E-state index contributed by atoms with van der Waals surface area (Å²) in [6.07, 6.45) is 4.93. The molecule has 4 aromatic rings. The van der Waals surface area contributed by atoms with E-state index in [0.29, 0.717) is 37.5 Å². The number of nitrogens with one attached hydrogen (secondary N) is 1. The van der Waals surface area contributed by atoms with Crippen molar-refractivity contribution in [1.29, 1.82) is 0 Å². The van der Waals surface area contributed by atoms with Crippen molar-refractivity contribution < 1.29 is 14.3 Å². The van der Waals surface area contributed by atoms with Crippen LogP contribution in [0.3, 0.4) is 0 Å². The number of pyridine rings is 1. The summed E-state index contributed by atoms with van der Waals surface area (Å²) in [6.45, 7) is 0.857. The van der Waals surface area contributed by atoms with Gasteiger partial charge in [0.2, 0.25) is 5.91 Å².